The van der Waals surface area contributed by atoms with E-state index in [0.29, 0.717) is 15.8 Å². The maximum absolute atomic E-state index is 6.12. The molecule has 2 aromatic rings. The average Bonchev–Trinajstić information content (AvgIpc) is 2.36. The SMILES string of the molecule is Cc1ccc(Oc2nc(N)c(Cl)cc2Cl)c(C(C)(C)C)c1. The Kier molecular flexibility index (Phi) is 4.35. The number of hydrogen-bond donors (Lipinski definition) is 1. The molecule has 0 atom stereocenters. The summed E-state index contributed by atoms with van der Waals surface area (Å²) in [4.78, 5) is 4.10. The highest BCUT2D eigenvalue weighted by Crippen LogP contribution is 2.37. The summed E-state index contributed by atoms with van der Waals surface area (Å²) in [6.07, 6.45) is 0. The predicted molar refractivity (Wildman–Crippen MR) is 88.6 cm³/mol. The molecule has 1 aromatic heterocycles. The lowest BCUT2D eigenvalue weighted by Crippen LogP contribution is -2.13. The maximum Gasteiger partial charge on any atom is 0.240 e. The number of halogens is 2. The van der Waals surface area contributed by atoms with Gasteiger partial charge in [0, 0.05) is 5.56 Å². The number of hydrogen-bond acceptors (Lipinski definition) is 3. The molecular formula is C16H18Cl2N2O. The molecule has 1 aromatic carbocycles. The molecule has 0 amide bonds. The minimum Gasteiger partial charge on any atom is -0.437 e. The zero-order valence-corrected chi connectivity index (χ0v) is 14.0. The summed E-state index contributed by atoms with van der Waals surface area (Å²) < 4.78 is 5.88. The molecule has 3 nitrogen and oxygen atoms in total. The molecule has 0 saturated carbocycles. The number of ether oxygens (including phenoxy) is 1. The number of nitrogens with two attached hydrogens (primary N) is 1. The average molecular weight is 325 g/mol. The van der Waals surface area contributed by atoms with Gasteiger partial charge in [-0.2, -0.15) is 4.98 Å². The highest BCUT2D eigenvalue weighted by Gasteiger charge is 2.21. The second-order valence-electron chi connectivity index (χ2n) is 5.99. The maximum atomic E-state index is 6.12. The highest BCUT2D eigenvalue weighted by molar-refractivity contribution is 6.36. The molecule has 0 aliphatic rings. The van der Waals surface area contributed by atoms with E-state index in [0.717, 1.165) is 5.56 Å². The summed E-state index contributed by atoms with van der Waals surface area (Å²) in [6.45, 7) is 8.42. The van der Waals surface area contributed by atoms with Gasteiger partial charge in [-0.1, -0.05) is 61.7 Å². The Bertz CT molecular complexity index is 679. The molecule has 0 spiro atoms. The van der Waals surface area contributed by atoms with Crippen LogP contribution in [0.25, 0.3) is 0 Å². The third-order valence-corrected chi connectivity index (χ3v) is 3.65. The Morgan fingerprint density at radius 1 is 1.10 bits per heavy atom. The van der Waals surface area contributed by atoms with Crippen LogP contribution in [0.2, 0.25) is 10.0 Å². The zero-order valence-electron chi connectivity index (χ0n) is 12.5. The molecule has 0 fully saturated rings. The van der Waals surface area contributed by atoms with Gasteiger partial charge < -0.3 is 10.5 Å². The Labute approximate surface area is 135 Å². The molecule has 112 valence electrons. The quantitative estimate of drug-likeness (QED) is 0.807. The Morgan fingerprint density at radius 2 is 1.76 bits per heavy atom. The van der Waals surface area contributed by atoms with E-state index < -0.39 is 0 Å². The molecule has 0 aliphatic heterocycles. The van der Waals surface area contributed by atoms with E-state index in [1.807, 2.05) is 19.1 Å². The first-order valence-corrected chi connectivity index (χ1v) is 7.34. The molecule has 0 aliphatic carbocycles. The fourth-order valence-corrected chi connectivity index (χ4v) is 2.35. The Balaban J connectivity index is 2.47. The Morgan fingerprint density at radius 3 is 2.38 bits per heavy atom. The van der Waals surface area contributed by atoms with Crippen LogP contribution in [0.1, 0.15) is 31.9 Å². The number of benzene rings is 1. The zero-order chi connectivity index (χ0) is 15.8. The molecule has 2 rings (SSSR count). The first-order valence-electron chi connectivity index (χ1n) is 6.59. The number of nitrogens with zero attached hydrogens (tertiary/aromatic N) is 1. The van der Waals surface area contributed by atoms with Crippen LogP contribution in [0.4, 0.5) is 5.82 Å². The number of anilines is 1. The van der Waals surface area contributed by atoms with E-state index >= 15 is 0 Å². The van der Waals surface area contributed by atoms with E-state index in [9.17, 15) is 0 Å². The van der Waals surface area contributed by atoms with Gasteiger partial charge in [-0.25, -0.2) is 0 Å². The van der Waals surface area contributed by atoms with Crippen molar-refractivity contribution in [3.63, 3.8) is 0 Å². The number of aromatic nitrogens is 1. The normalized spacial score (nSPS) is 11.5. The first-order chi connectivity index (χ1) is 9.68. The number of pyridine rings is 1. The third kappa shape index (κ3) is 3.60. The third-order valence-electron chi connectivity index (χ3n) is 3.07. The van der Waals surface area contributed by atoms with Crippen molar-refractivity contribution in [2.45, 2.75) is 33.1 Å². The summed E-state index contributed by atoms with van der Waals surface area (Å²) in [7, 11) is 0. The fourth-order valence-electron chi connectivity index (χ4n) is 1.96. The van der Waals surface area contributed by atoms with Crippen molar-refractivity contribution < 1.29 is 4.74 Å². The van der Waals surface area contributed by atoms with Crippen LogP contribution in [0.3, 0.4) is 0 Å². The molecule has 0 radical (unpaired) electrons. The van der Waals surface area contributed by atoms with Crippen molar-refractivity contribution in [2.75, 3.05) is 5.73 Å². The minimum atomic E-state index is -0.0637. The molecule has 5 heteroatoms. The van der Waals surface area contributed by atoms with Crippen molar-refractivity contribution in [3.8, 4) is 11.6 Å². The smallest absolute Gasteiger partial charge is 0.240 e. The molecule has 2 N–H and O–H groups in total. The van der Waals surface area contributed by atoms with Crippen LogP contribution >= 0.6 is 23.2 Å². The van der Waals surface area contributed by atoms with Crippen molar-refractivity contribution in [1.29, 1.82) is 0 Å². The minimum absolute atomic E-state index is 0.0637. The summed E-state index contributed by atoms with van der Waals surface area (Å²) in [5, 5.41) is 0.641. The monoisotopic (exact) mass is 324 g/mol. The fraction of sp³-hybridized carbons (Fsp3) is 0.312. The second-order valence-corrected chi connectivity index (χ2v) is 6.81. The number of nitrogen functional groups attached to an aromatic ring is 1. The lowest BCUT2D eigenvalue weighted by atomic mass is 9.85. The molecule has 0 saturated heterocycles. The standard InChI is InChI=1S/C16H18Cl2N2O/c1-9-5-6-13(10(7-9)16(2,3)4)21-15-12(18)8-11(17)14(19)20-15/h5-8H,1-4H3,(H2,19,20). The van der Waals surface area contributed by atoms with Crippen LogP contribution in [0.5, 0.6) is 11.6 Å². The van der Waals surface area contributed by atoms with Crippen molar-refractivity contribution in [2.24, 2.45) is 0 Å². The highest BCUT2D eigenvalue weighted by atomic mass is 35.5. The van der Waals surface area contributed by atoms with E-state index in [2.05, 4.69) is 31.8 Å². The van der Waals surface area contributed by atoms with Gasteiger partial charge in [0.15, 0.2) is 0 Å². The number of aryl methyl sites for hydroxylation is 1. The summed E-state index contributed by atoms with van der Waals surface area (Å²) in [5.74, 6) is 1.16. The largest absolute Gasteiger partial charge is 0.437 e. The van der Waals surface area contributed by atoms with Crippen LogP contribution in [-0.2, 0) is 5.41 Å². The number of rotatable bonds is 2. The molecule has 1 heterocycles. The van der Waals surface area contributed by atoms with Gasteiger partial charge in [-0.15, -0.1) is 0 Å². The van der Waals surface area contributed by atoms with Crippen LogP contribution in [0.15, 0.2) is 24.3 Å². The van der Waals surface area contributed by atoms with E-state index in [1.54, 1.807) is 0 Å². The van der Waals surface area contributed by atoms with Gasteiger partial charge in [-0.05, 0) is 24.5 Å². The van der Waals surface area contributed by atoms with Crippen LogP contribution in [-0.4, -0.2) is 4.98 Å². The van der Waals surface area contributed by atoms with Gasteiger partial charge in [0.05, 0.1) is 5.02 Å². The molecule has 21 heavy (non-hydrogen) atoms. The Hall–Kier alpha value is -1.45. The van der Waals surface area contributed by atoms with Crippen molar-refractivity contribution in [3.05, 3.63) is 45.4 Å². The lowest BCUT2D eigenvalue weighted by molar-refractivity contribution is 0.440. The lowest BCUT2D eigenvalue weighted by Gasteiger charge is -2.23. The van der Waals surface area contributed by atoms with Crippen LogP contribution in [0, 0.1) is 6.92 Å². The van der Waals surface area contributed by atoms with E-state index in [-0.39, 0.29) is 17.1 Å². The van der Waals surface area contributed by atoms with Gasteiger partial charge in [0.25, 0.3) is 0 Å². The van der Waals surface area contributed by atoms with E-state index in [1.165, 1.54) is 11.6 Å². The summed E-state index contributed by atoms with van der Waals surface area (Å²) >= 11 is 12.0. The van der Waals surface area contributed by atoms with Crippen molar-refractivity contribution in [1.82, 2.24) is 4.98 Å². The van der Waals surface area contributed by atoms with Gasteiger partial charge in [0.1, 0.15) is 16.6 Å². The summed E-state index contributed by atoms with van der Waals surface area (Å²) in [6, 6.07) is 7.53. The van der Waals surface area contributed by atoms with Gasteiger partial charge >= 0.3 is 0 Å². The van der Waals surface area contributed by atoms with Gasteiger partial charge in [-0.3, -0.25) is 0 Å². The first kappa shape index (κ1) is 15.9. The predicted octanol–water partition coefficient (Wildman–Crippen LogP) is 5.37. The van der Waals surface area contributed by atoms with Crippen molar-refractivity contribution >= 4 is 29.0 Å². The topological polar surface area (TPSA) is 48.1 Å². The summed E-state index contributed by atoms with van der Waals surface area (Å²) in [5.41, 5.74) is 7.89. The molecular weight excluding hydrogens is 307 g/mol. The second kappa shape index (κ2) is 5.74. The molecule has 0 unspecified atom stereocenters. The molecule has 0 bridgehead atoms. The van der Waals surface area contributed by atoms with Gasteiger partial charge in [0.2, 0.25) is 5.88 Å². The van der Waals surface area contributed by atoms with Crippen LogP contribution < -0.4 is 10.5 Å². The van der Waals surface area contributed by atoms with E-state index in [4.69, 9.17) is 33.7 Å².